The minimum Gasteiger partial charge on any atom is -0.365 e. The van der Waals surface area contributed by atoms with Crippen molar-refractivity contribution in [2.45, 2.75) is 6.54 Å². The smallest absolute Gasteiger partial charge is 0.149 e. The Kier molecular flexibility index (Phi) is 3.70. The molecule has 0 radical (unpaired) electrons. The van der Waals surface area contributed by atoms with Gasteiger partial charge in [0.05, 0.1) is 24.0 Å². The summed E-state index contributed by atoms with van der Waals surface area (Å²) in [4.78, 5) is 7.82. The van der Waals surface area contributed by atoms with Gasteiger partial charge in [0.1, 0.15) is 16.8 Å². The van der Waals surface area contributed by atoms with Crippen molar-refractivity contribution >= 4 is 17.4 Å². The van der Waals surface area contributed by atoms with E-state index in [1.54, 1.807) is 12.1 Å². The lowest BCUT2D eigenvalue weighted by Gasteiger charge is -2.06. The minimum absolute atomic E-state index is 0.243. The van der Waals surface area contributed by atoms with Gasteiger partial charge < -0.3 is 5.32 Å². The van der Waals surface area contributed by atoms with Crippen molar-refractivity contribution in [3.8, 4) is 6.07 Å². The fourth-order valence-electron chi connectivity index (χ4n) is 1.37. The van der Waals surface area contributed by atoms with Crippen LogP contribution >= 0.6 is 11.6 Å². The zero-order valence-electron chi connectivity index (χ0n) is 9.19. The maximum Gasteiger partial charge on any atom is 0.149 e. The highest BCUT2D eigenvalue weighted by molar-refractivity contribution is 6.29. The van der Waals surface area contributed by atoms with E-state index in [-0.39, 0.29) is 11.7 Å². The molecule has 0 saturated carbocycles. The van der Waals surface area contributed by atoms with Gasteiger partial charge in [0, 0.05) is 12.1 Å². The number of aromatic nitrogens is 2. The highest BCUT2D eigenvalue weighted by Crippen LogP contribution is 2.13. The van der Waals surface area contributed by atoms with Gasteiger partial charge in [0.15, 0.2) is 0 Å². The molecule has 4 nitrogen and oxygen atoms in total. The summed E-state index contributed by atoms with van der Waals surface area (Å²) >= 11 is 5.67. The molecular formula is C12H8ClFN4. The van der Waals surface area contributed by atoms with Gasteiger partial charge in [-0.1, -0.05) is 17.7 Å². The Hall–Kier alpha value is -2.19. The molecular weight excluding hydrogens is 255 g/mol. The molecule has 1 aromatic heterocycles. The molecule has 0 bridgehead atoms. The lowest BCUT2D eigenvalue weighted by Crippen LogP contribution is -2.04. The summed E-state index contributed by atoms with van der Waals surface area (Å²) < 4.78 is 13.6. The Morgan fingerprint density at radius 2 is 2.22 bits per heavy atom. The number of rotatable bonds is 3. The second-order valence-corrected chi connectivity index (χ2v) is 3.89. The first-order valence-electron chi connectivity index (χ1n) is 5.09. The van der Waals surface area contributed by atoms with E-state index in [0.717, 1.165) is 0 Å². The second kappa shape index (κ2) is 5.43. The van der Waals surface area contributed by atoms with Gasteiger partial charge in [-0.05, 0) is 12.1 Å². The van der Waals surface area contributed by atoms with Gasteiger partial charge in [-0.15, -0.1) is 0 Å². The molecule has 18 heavy (non-hydrogen) atoms. The average Bonchev–Trinajstić information content (AvgIpc) is 2.37. The van der Waals surface area contributed by atoms with Crippen LogP contribution in [0.3, 0.4) is 0 Å². The van der Waals surface area contributed by atoms with Crippen molar-refractivity contribution in [2.75, 3.05) is 5.32 Å². The molecule has 2 rings (SSSR count). The molecule has 0 spiro atoms. The van der Waals surface area contributed by atoms with Crippen molar-refractivity contribution in [1.82, 2.24) is 9.97 Å². The van der Waals surface area contributed by atoms with E-state index >= 15 is 0 Å². The number of anilines is 1. The number of benzene rings is 1. The zero-order chi connectivity index (χ0) is 13.0. The van der Waals surface area contributed by atoms with Gasteiger partial charge in [-0.25, -0.2) is 9.37 Å². The van der Waals surface area contributed by atoms with E-state index in [4.69, 9.17) is 16.9 Å². The average molecular weight is 263 g/mol. The molecule has 0 fully saturated rings. The lowest BCUT2D eigenvalue weighted by atomic mass is 10.1. The van der Waals surface area contributed by atoms with Gasteiger partial charge in [-0.2, -0.15) is 5.26 Å². The van der Waals surface area contributed by atoms with Crippen LogP contribution in [0, 0.1) is 17.1 Å². The third kappa shape index (κ3) is 2.93. The van der Waals surface area contributed by atoms with Crippen molar-refractivity contribution in [2.24, 2.45) is 0 Å². The van der Waals surface area contributed by atoms with E-state index in [1.165, 1.54) is 18.5 Å². The Labute approximate surface area is 108 Å². The van der Waals surface area contributed by atoms with Crippen LogP contribution in [0.25, 0.3) is 0 Å². The molecule has 0 amide bonds. The molecule has 0 aliphatic carbocycles. The van der Waals surface area contributed by atoms with Gasteiger partial charge in [0.2, 0.25) is 0 Å². The summed E-state index contributed by atoms with van der Waals surface area (Å²) in [5.74, 6) is 0.0304. The number of hydrogen-bond acceptors (Lipinski definition) is 4. The molecule has 1 N–H and O–H groups in total. The number of nitrogens with zero attached hydrogens (tertiary/aromatic N) is 3. The summed E-state index contributed by atoms with van der Waals surface area (Å²) in [6.45, 7) is 0.243. The molecule has 0 unspecified atom stereocenters. The van der Waals surface area contributed by atoms with Crippen LogP contribution in [-0.2, 0) is 6.54 Å². The predicted molar refractivity (Wildman–Crippen MR) is 65.5 cm³/mol. The van der Waals surface area contributed by atoms with Crippen LogP contribution < -0.4 is 5.32 Å². The highest BCUT2D eigenvalue weighted by atomic mass is 35.5. The zero-order valence-corrected chi connectivity index (χ0v) is 9.95. The third-order valence-corrected chi connectivity index (χ3v) is 2.43. The largest absolute Gasteiger partial charge is 0.365 e. The van der Waals surface area contributed by atoms with Gasteiger partial charge in [-0.3, -0.25) is 4.98 Å². The fraction of sp³-hybridized carbons (Fsp3) is 0.0833. The van der Waals surface area contributed by atoms with Crippen LogP contribution in [0.15, 0.2) is 30.6 Å². The third-order valence-electron chi connectivity index (χ3n) is 2.25. The van der Waals surface area contributed by atoms with Crippen LogP contribution in [0.2, 0.25) is 5.15 Å². The van der Waals surface area contributed by atoms with Gasteiger partial charge in [0.25, 0.3) is 0 Å². The molecule has 1 heterocycles. The summed E-state index contributed by atoms with van der Waals surface area (Å²) in [6, 6.07) is 6.18. The molecule has 2 aromatic rings. The van der Waals surface area contributed by atoms with Crippen LogP contribution in [0.5, 0.6) is 0 Å². The molecule has 0 saturated heterocycles. The quantitative estimate of drug-likeness (QED) is 0.924. The molecule has 0 aliphatic heterocycles. The maximum atomic E-state index is 13.6. The van der Waals surface area contributed by atoms with Crippen LogP contribution in [-0.4, -0.2) is 9.97 Å². The first-order valence-corrected chi connectivity index (χ1v) is 5.47. The highest BCUT2D eigenvalue weighted by Gasteiger charge is 2.04. The molecule has 0 aliphatic rings. The van der Waals surface area contributed by atoms with E-state index < -0.39 is 5.82 Å². The standard InChI is InChI=1S/C12H8ClFN4/c13-11-6-16-7-12(18-11)17-5-9-2-1-8(4-15)3-10(9)14/h1-3,6-7H,5H2,(H,17,18). The first-order chi connectivity index (χ1) is 8.69. The number of hydrogen-bond donors (Lipinski definition) is 1. The van der Waals surface area contributed by atoms with Crippen molar-refractivity contribution in [3.63, 3.8) is 0 Å². The normalized spacial score (nSPS) is 9.83. The Bertz CT molecular complexity index is 609. The van der Waals surface area contributed by atoms with Gasteiger partial charge >= 0.3 is 0 Å². The molecule has 1 aromatic carbocycles. The summed E-state index contributed by atoms with van der Waals surface area (Å²) in [5.41, 5.74) is 0.731. The molecule has 90 valence electrons. The Morgan fingerprint density at radius 3 is 2.89 bits per heavy atom. The second-order valence-electron chi connectivity index (χ2n) is 3.50. The SMILES string of the molecule is N#Cc1ccc(CNc2cncc(Cl)n2)c(F)c1. The van der Waals surface area contributed by atoms with E-state index in [1.807, 2.05) is 6.07 Å². The summed E-state index contributed by atoms with van der Waals surface area (Å²) in [7, 11) is 0. The first kappa shape index (κ1) is 12.3. The van der Waals surface area contributed by atoms with E-state index in [0.29, 0.717) is 16.9 Å². The molecule has 6 heteroatoms. The fourth-order valence-corrected chi connectivity index (χ4v) is 1.52. The summed E-state index contributed by atoms with van der Waals surface area (Å²) in [5, 5.41) is 11.8. The summed E-state index contributed by atoms with van der Waals surface area (Å²) in [6.07, 6.45) is 2.91. The van der Waals surface area contributed by atoms with Crippen LogP contribution in [0.4, 0.5) is 10.2 Å². The van der Waals surface area contributed by atoms with E-state index in [2.05, 4.69) is 15.3 Å². The topological polar surface area (TPSA) is 61.6 Å². The number of halogens is 2. The number of nitriles is 1. The minimum atomic E-state index is -0.434. The predicted octanol–water partition coefficient (Wildman–Crippen LogP) is 2.75. The number of nitrogens with one attached hydrogen (secondary N) is 1. The molecule has 0 atom stereocenters. The lowest BCUT2D eigenvalue weighted by molar-refractivity contribution is 0.612. The van der Waals surface area contributed by atoms with Crippen LogP contribution in [0.1, 0.15) is 11.1 Å². The monoisotopic (exact) mass is 262 g/mol. The Morgan fingerprint density at radius 1 is 1.39 bits per heavy atom. The van der Waals surface area contributed by atoms with Crippen molar-refractivity contribution < 1.29 is 4.39 Å². The van der Waals surface area contributed by atoms with Crippen molar-refractivity contribution in [3.05, 3.63) is 52.7 Å². The van der Waals surface area contributed by atoms with E-state index in [9.17, 15) is 4.39 Å². The maximum absolute atomic E-state index is 13.6. The van der Waals surface area contributed by atoms with Crippen molar-refractivity contribution in [1.29, 1.82) is 5.26 Å². The Balaban J connectivity index is 2.09.